The molecule has 1 aromatic carbocycles. The molecular weight excluding hydrogens is 304 g/mol. The summed E-state index contributed by atoms with van der Waals surface area (Å²) in [6.45, 7) is 7.48. The number of nitrogens with one attached hydrogen (secondary N) is 1. The molecule has 1 saturated heterocycles. The van der Waals surface area contributed by atoms with Crippen molar-refractivity contribution in [3.05, 3.63) is 41.6 Å². The van der Waals surface area contributed by atoms with Crippen molar-refractivity contribution in [1.29, 1.82) is 0 Å². The molecule has 2 heterocycles. The third kappa shape index (κ3) is 3.38. The summed E-state index contributed by atoms with van der Waals surface area (Å²) in [5.74, 6) is 0.293. The van der Waals surface area contributed by atoms with Crippen LogP contribution in [0.3, 0.4) is 0 Å². The molecule has 0 aliphatic carbocycles. The van der Waals surface area contributed by atoms with Crippen molar-refractivity contribution in [1.82, 2.24) is 15.3 Å². The Labute approximate surface area is 141 Å². The number of hydrogen-bond donors (Lipinski definition) is 1. The first-order chi connectivity index (χ1) is 11.7. The second-order valence-electron chi connectivity index (χ2n) is 5.66. The normalized spacial score (nSPS) is 14.5. The largest absolute Gasteiger partial charge is 0.462 e. The lowest BCUT2D eigenvalue weighted by Crippen LogP contribution is -2.44. The minimum atomic E-state index is -0.374. The van der Waals surface area contributed by atoms with E-state index in [0.29, 0.717) is 29.5 Å². The Morgan fingerprint density at radius 1 is 1.21 bits per heavy atom. The Morgan fingerprint density at radius 2 is 1.92 bits per heavy atom. The summed E-state index contributed by atoms with van der Waals surface area (Å²) >= 11 is 0. The van der Waals surface area contributed by atoms with Gasteiger partial charge in [0.15, 0.2) is 0 Å². The molecule has 126 valence electrons. The van der Waals surface area contributed by atoms with E-state index in [9.17, 15) is 4.79 Å². The Bertz CT molecular complexity index is 712. The monoisotopic (exact) mass is 326 g/mol. The van der Waals surface area contributed by atoms with Gasteiger partial charge in [-0.3, -0.25) is 0 Å². The summed E-state index contributed by atoms with van der Waals surface area (Å²) in [6, 6.07) is 9.72. The second kappa shape index (κ2) is 7.40. The van der Waals surface area contributed by atoms with Crippen molar-refractivity contribution in [3.63, 3.8) is 0 Å². The highest BCUT2D eigenvalue weighted by atomic mass is 16.5. The van der Waals surface area contributed by atoms with Gasteiger partial charge in [0.1, 0.15) is 5.56 Å². The zero-order valence-corrected chi connectivity index (χ0v) is 14.1. The Morgan fingerprint density at radius 3 is 2.58 bits per heavy atom. The lowest BCUT2D eigenvalue weighted by Gasteiger charge is -2.28. The molecule has 1 N–H and O–H groups in total. The van der Waals surface area contributed by atoms with Gasteiger partial charge in [-0.2, -0.15) is 0 Å². The fourth-order valence-corrected chi connectivity index (χ4v) is 2.82. The molecule has 24 heavy (non-hydrogen) atoms. The number of carbonyl (C=O) groups is 1. The standard InChI is InChI=1S/C18H22N4O2/c1-3-24-17(23)15-13(2)20-18(22-11-9-19-10-12-22)21-16(15)14-7-5-4-6-8-14/h4-8,19H,3,9-12H2,1-2H3. The molecule has 2 aromatic rings. The predicted octanol–water partition coefficient (Wildman–Crippen LogP) is 2.04. The van der Waals surface area contributed by atoms with Gasteiger partial charge in [-0.1, -0.05) is 30.3 Å². The van der Waals surface area contributed by atoms with E-state index in [1.807, 2.05) is 37.3 Å². The van der Waals surface area contributed by atoms with E-state index in [1.54, 1.807) is 6.92 Å². The molecule has 1 aromatic heterocycles. The van der Waals surface area contributed by atoms with Crippen molar-refractivity contribution in [2.75, 3.05) is 37.7 Å². The van der Waals surface area contributed by atoms with Crippen LogP contribution in [-0.4, -0.2) is 48.7 Å². The molecule has 0 amide bonds. The highest BCUT2D eigenvalue weighted by Gasteiger charge is 2.23. The van der Waals surface area contributed by atoms with Crippen LogP contribution < -0.4 is 10.2 Å². The molecule has 0 spiro atoms. The number of hydrogen-bond acceptors (Lipinski definition) is 6. The first-order valence-corrected chi connectivity index (χ1v) is 8.27. The number of aromatic nitrogens is 2. The fourth-order valence-electron chi connectivity index (χ4n) is 2.82. The van der Waals surface area contributed by atoms with Crippen LogP contribution in [0.25, 0.3) is 11.3 Å². The molecule has 1 fully saturated rings. The average molecular weight is 326 g/mol. The number of nitrogens with zero attached hydrogens (tertiary/aromatic N) is 3. The van der Waals surface area contributed by atoms with Crippen LogP contribution in [0, 0.1) is 6.92 Å². The minimum Gasteiger partial charge on any atom is -0.462 e. The van der Waals surface area contributed by atoms with Gasteiger partial charge in [-0.05, 0) is 13.8 Å². The van der Waals surface area contributed by atoms with E-state index in [1.165, 1.54) is 0 Å². The lowest BCUT2D eigenvalue weighted by molar-refractivity contribution is 0.0525. The molecular formula is C18H22N4O2. The van der Waals surface area contributed by atoms with Crippen LogP contribution >= 0.6 is 0 Å². The first kappa shape index (κ1) is 16.4. The first-order valence-electron chi connectivity index (χ1n) is 8.27. The van der Waals surface area contributed by atoms with Crippen molar-refractivity contribution in [3.8, 4) is 11.3 Å². The van der Waals surface area contributed by atoms with Gasteiger partial charge in [0.25, 0.3) is 0 Å². The molecule has 1 aliphatic rings. The summed E-state index contributed by atoms with van der Waals surface area (Å²) in [5, 5.41) is 3.32. The summed E-state index contributed by atoms with van der Waals surface area (Å²) in [4.78, 5) is 23.9. The van der Waals surface area contributed by atoms with Gasteiger partial charge in [-0.15, -0.1) is 0 Å². The zero-order valence-electron chi connectivity index (χ0n) is 14.1. The van der Waals surface area contributed by atoms with E-state index >= 15 is 0 Å². The van der Waals surface area contributed by atoms with Gasteiger partial charge in [-0.25, -0.2) is 14.8 Å². The second-order valence-corrected chi connectivity index (χ2v) is 5.66. The maximum absolute atomic E-state index is 12.4. The van der Waals surface area contributed by atoms with Gasteiger partial charge in [0.05, 0.1) is 18.0 Å². The summed E-state index contributed by atoms with van der Waals surface area (Å²) in [5.41, 5.74) is 2.62. The third-order valence-corrected chi connectivity index (χ3v) is 4.00. The maximum Gasteiger partial charge on any atom is 0.342 e. The Hall–Kier alpha value is -2.47. The average Bonchev–Trinajstić information content (AvgIpc) is 2.62. The van der Waals surface area contributed by atoms with Gasteiger partial charge in [0.2, 0.25) is 5.95 Å². The Balaban J connectivity index is 2.10. The predicted molar refractivity (Wildman–Crippen MR) is 93.2 cm³/mol. The molecule has 6 heteroatoms. The number of anilines is 1. The number of piperazine rings is 1. The van der Waals surface area contributed by atoms with Gasteiger partial charge < -0.3 is 15.0 Å². The van der Waals surface area contributed by atoms with E-state index in [4.69, 9.17) is 9.72 Å². The third-order valence-electron chi connectivity index (χ3n) is 4.00. The number of rotatable bonds is 4. The number of benzene rings is 1. The molecule has 1 aliphatic heterocycles. The van der Waals surface area contributed by atoms with Crippen LogP contribution in [0.1, 0.15) is 23.0 Å². The SMILES string of the molecule is CCOC(=O)c1c(C)nc(N2CCNCC2)nc1-c1ccccc1. The van der Waals surface area contributed by atoms with Crippen molar-refractivity contribution in [2.24, 2.45) is 0 Å². The fraction of sp³-hybridized carbons (Fsp3) is 0.389. The van der Waals surface area contributed by atoms with Crippen molar-refractivity contribution in [2.45, 2.75) is 13.8 Å². The molecule has 0 unspecified atom stereocenters. The van der Waals surface area contributed by atoms with Crippen molar-refractivity contribution < 1.29 is 9.53 Å². The van der Waals surface area contributed by atoms with Crippen LogP contribution in [-0.2, 0) is 4.74 Å². The van der Waals surface area contributed by atoms with E-state index < -0.39 is 0 Å². The zero-order chi connectivity index (χ0) is 16.9. The molecule has 6 nitrogen and oxygen atoms in total. The van der Waals surface area contributed by atoms with Crippen molar-refractivity contribution >= 4 is 11.9 Å². The van der Waals surface area contributed by atoms with E-state index in [-0.39, 0.29) is 5.97 Å². The van der Waals surface area contributed by atoms with Crippen LogP contribution in [0.4, 0.5) is 5.95 Å². The highest BCUT2D eigenvalue weighted by molar-refractivity contribution is 5.97. The molecule has 3 rings (SSSR count). The van der Waals surface area contributed by atoms with Crippen LogP contribution in [0.15, 0.2) is 30.3 Å². The smallest absolute Gasteiger partial charge is 0.342 e. The summed E-state index contributed by atoms with van der Waals surface area (Å²) in [7, 11) is 0. The Kier molecular flexibility index (Phi) is 5.05. The highest BCUT2D eigenvalue weighted by Crippen LogP contribution is 2.26. The van der Waals surface area contributed by atoms with E-state index in [0.717, 1.165) is 31.7 Å². The molecule has 0 radical (unpaired) electrons. The number of aryl methyl sites for hydroxylation is 1. The lowest BCUT2D eigenvalue weighted by atomic mass is 10.0. The molecule has 0 bridgehead atoms. The van der Waals surface area contributed by atoms with E-state index in [2.05, 4.69) is 15.2 Å². The number of esters is 1. The van der Waals surface area contributed by atoms with Gasteiger partial charge >= 0.3 is 5.97 Å². The summed E-state index contributed by atoms with van der Waals surface area (Å²) < 4.78 is 5.21. The molecule has 0 saturated carbocycles. The minimum absolute atomic E-state index is 0.325. The van der Waals surface area contributed by atoms with Crippen LogP contribution in [0.2, 0.25) is 0 Å². The topological polar surface area (TPSA) is 67.3 Å². The maximum atomic E-state index is 12.4. The quantitative estimate of drug-likeness (QED) is 0.867. The number of ether oxygens (including phenoxy) is 1. The van der Waals surface area contributed by atoms with Gasteiger partial charge in [0, 0.05) is 31.7 Å². The molecule has 0 atom stereocenters. The van der Waals surface area contributed by atoms with Crippen LogP contribution in [0.5, 0.6) is 0 Å². The number of carbonyl (C=O) groups excluding carboxylic acids is 1. The summed E-state index contributed by atoms with van der Waals surface area (Å²) in [6.07, 6.45) is 0.